The Morgan fingerprint density at radius 1 is 0.560 bits per heavy atom. The van der Waals surface area contributed by atoms with Gasteiger partial charge in [0.2, 0.25) is 21.8 Å². The Balaban J connectivity index is 0.000000207. The number of benzene rings is 2. The lowest BCUT2D eigenvalue weighted by molar-refractivity contribution is 0.612. The number of hydrogen-bond acceptors (Lipinski definition) is 19. The zero-order valence-electron chi connectivity index (χ0n) is 52.3. The molecule has 0 saturated heterocycles. The second kappa shape index (κ2) is 35.3. The molecule has 0 aliphatic carbocycles. The number of aromatic nitrogens is 18. The Morgan fingerprint density at radius 3 is 1.43 bits per heavy atom. The van der Waals surface area contributed by atoms with E-state index >= 15 is 0 Å². The normalized spacial score (nSPS) is 11.8. The van der Waals surface area contributed by atoms with Gasteiger partial charge in [0.1, 0.15) is 11.0 Å². The van der Waals surface area contributed by atoms with Crippen molar-refractivity contribution in [3.8, 4) is 0 Å². The monoisotopic (exact) mass is 1440 g/mol. The van der Waals surface area contributed by atoms with E-state index in [9.17, 15) is 0 Å². The quantitative estimate of drug-likeness (QED) is 0.0257. The van der Waals surface area contributed by atoms with E-state index in [0.717, 1.165) is 44.9 Å². The second-order valence-electron chi connectivity index (χ2n) is 20.8. The van der Waals surface area contributed by atoms with Gasteiger partial charge in [-0.3, -0.25) is 5.10 Å². The molecule has 0 amide bonds. The van der Waals surface area contributed by atoms with E-state index in [-0.39, 0.29) is 39.1 Å². The Hall–Kier alpha value is -7.62. The number of imidazole rings is 4. The molecule has 0 saturated carbocycles. The Bertz CT molecular complexity index is 4230. The molecule has 0 radical (unpaired) electrons. The third-order valence-corrected chi connectivity index (χ3v) is 12.8. The fraction of sp³-hybridized carbons (Fsp3) is 0.305. The first-order chi connectivity index (χ1) is 42.9. The maximum absolute atomic E-state index is 5.97. The summed E-state index contributed by atoms with van der Waals surface area (Å²) in [4.78, 5) is 62.2. The third kappa shape index (κ3) is 23.5. The molecular formula is C59H70BrCl7N24. The number of anilines is 3. The van der Waals surface area contributed by atoms with E-state index in [2.05, 4.69) is 134 Å². The lowest BCUT2D eigenvalue weighted by Gasteiger charge is -2.10. The summed E-state index contributed by atoms with van der Waals surface area (Å²) in [5.74, 6) is 1.38. The van der Waals surface area contributed by atoms with Gasteiger partial charge in [-0.25, -0.2) is 39.9 Å². The van der Waals surface area contributed by atoms with Gasteiger partial charge < -0.3 is 41.2 Å². The number of alkyl halides is 1. The molecule has 2 aromatic carbocycles. The molecule has 11 aromatic rings. The molecule has 91 heavy (non-hydrogen) atoms. The van der Waals surface area contributed by atoms with Crippen molar-refractivity contribution in [1.29, 1.82) is 0 Å². The van der Waals surface area contributed by atoms with E-state index in [1.807, 2.05) is 94.2 Å². The van der Waals surface area contributed by atoms with E-state index in [0.29, 0.717) is 83.0 Å². The van der Waals surface area contributed by atoms with Crippen LogP contribution in [0.25, 0.3) is 44.7 Å². The maximum Gasteiger partial charge on any atom is 0.231 e. The van der Waals surface area contributed by atoms with Gasteiger partial charge in [0.05, 0.1) is 31.0 Å². The Kier molecular flexibility index (Phi) is 28.7. The number of halogens is 8. The summed E-state index contributed by atoms with van der Waals surface area (Å²) in [5, 5.41) is 12.3. The number of rotatable bonds is 9. The summed E-state index contributed by atoms with van der Waals surface area (Å²) in [7, 11) is 0. The minimum atomic E-state index is 0.106. The van der Waals surface area contributed by atoms with Crippen molar-refractivity contribution in [2.75, 3.05) is 11.1 Å². The number of aliphatic imine (C=N–C) groups is 2. The van der Waals surface area contributed by atoms with Crippen molar-refractivity contribution in [1.82, 2.24) is 88.7 Å². The summed E-state index contributed by atoms with van der Waals surface area (Å²) in [6.07, 6.45) is 10.2. The standard InChI is InChI=1S/C19H22ClN7.C13H17ClN6.C8H8Cl2N4.C6H6ClN.C5H2Cl2N4.C5H8N2.C3H7Br/c1-11(2)27-10-22-16-17(23-13(4)9-12(3)21)25-19(26-18(16)27)24-15-7-5-14(20)6-8-15;1-7(2)20-6-16-10-11(17-9(4)5-8(3)15)18-13(14)19-12(10)20;1-4(2)14-3-11-5-6(9)12-8(10)13-7(5)14;7-5-1-3-6(8)4-2-5;6-3-2-4(9-1-8-2)11-5(7)10-3;1-4-3-5(2)7-6-4;1-3(2)4/h5-11H,21H2,1-4H3,(H,24,25,26);5-7H,15H2,1-4H3;3-4H,1-2H3;1-4H,8H2;1H,(H,8,9,10,11);3H,1-2H3,(H,6,7);3H,1-2H3. The lowest BCUT2D eigenvalue weighted by Crippen LogP contribution is -2.03. The maximum atomic E-state index is 5.97. The van der Waals surface area contributed by atoms with Gasteiger partial charge in [-0.1, -0.05) is 76.2 Å². The zero-order valence-corrected chi connectivity index (χ0v) is 59.2. The highest BCUT2D eigenvalue weighted by Gasteiger charge is 2.17. The van der Waals surface area contributed by atoms with Crippen LogP contribution in [0.2, 0.25) is 36.2 Å². The predicted molar refractivity (Wildman–Crippen MR) is 378 cm³/mol. The number of hydrogen-bond donors (Lipinski definition) is 6. The molecule has 24 nitrogen and oxygen atoms in total. The highest BCUT2D eigenvalue weighted by molar-refractivity contribution is 9.09. The summed E-state index contributed by atoms with van der Waals surface area (Å²) >= 11 is 43.6. The van der Waals surface area contributed by atoms with Crippen LogP contribution in [0.4, 0.5) is 29.0 Å². The average molecular weight is 1440 g/mol. The van der Waals surface area contributed by atoms with E-state index in [1.165, 1.54) is 6.33 Å². The molecule has 0 bridgehead atoms. The summed E-state index contributed by atoms with van der Waals surface area (Å²) < 4.78 is 5.82. The fourth-order valence-corrected chi connectivity index (χ4v) is 8.75. The van der Waals surface area contributed by atoms with E-state index in [4.69, 9.17) is 98.4 Å². The van der Waals surface area contributed by atoms with Crippen LogP contribution in [-0.2, 0) is 0 Å². The number of nitrogen functional groups attached to an aromatic ring is 1. The summed E-state index contributed by atoms with van der Waals surface area (Å²) in [5.41, 5.74) is 28.4. The van der Waals surface area contributed by atoms with Crippen LogP contribution >= 0.6 is 97.1 Å². The first-order valence-electron chi connectivity index (χ1n) is 27.8. The van der Waals surface area contributed by atoms with Crippen LogP contribution in [0.15, 0.2) is 113 Å². The molecule has 9 aromatic heterocycles. The van der Waals surface area contributed by atoms with Gasteiger partial charge in [-0.15, -0.1) is 0 Å². The average Bonchev–Trinajstić information content (AvgIpc) is 1.72. The van der Waals surface area contributed by atoms with E-state index < -0.39 is 0 Å². The Morgan fingerprint density at radius 2 is 0.989 bits per heavy atom. The van der Waals surface area contributed by atoms with Gasteiger partial charge in [0, 0.05) is 72.9 Å². The van der Waals surface area contributed by atoms with Crippen molar-refractivity contribution < 1.29 is 0 Å². The van der Waals surface area contributed by atoms with Gasteiger partial charge in [0.15, 0.2) is 55.6 Å². The van der Waals surface area contributed by atoms with Crippen LogP contribution in [0, 0.1) is 13.8 Å². The SMILES string of the molecule is CC(C)Br.CC(C)n1cnc2c(Cl)nc(Cl)nc21.CC(N)=CC(C)=Nc1nc(Cl)nc2c1ncn2C(C)C.CC(N)=CC(C)=Nc1nc(Nc2ccc(Cl)cc2)nc2c1ncn2C(C)C.Cc1cc(C)[nH]n1.Clc1nc(Cl)c2[nH]cnc2n1.Nc1ccc(Cl)cc1. The smallest absolute Gasteiger partial charge is 0.231 e. The topological polar surface area (TPSA) is 329 Å². The predicted octanol–water partition coefficient (Wildman–Crippen LogP) is 16.9. The molecule has 9 heterocycles. The third-order valence-electron chi connectivity index (χ3n) is 11.3. The first-order valence-corrected chi connectivity index (χ1v) is 31.3. The van der Waals surface area contributed by atoms with Crippen molar-refractivity contribution in [2.45, 2.75) is 120 Å². The minimum Gasteiger partial charge on any atom is -0.402 e. The number of nitrogens with zero attached hydrogens (tertiary/aromatic N) is 18. The van der Waals surface area contributed by atoms with Crippen molar-refractivity contribution in [3.05, 3.63) is 151 Å². The van der Waals surface area contributed by atoms with Crippen LogP contribution in [-0.4, -0.2) is 105 Å². The van der Waals surface area contributed by atoms with Gasteiger partial charge in [0.25, 0.3) is 0 Å². The summed E-state index contributed by atoms with van der Waals surface area (Å²) in [6.45, 7) is 27.8. The number of H-pyrrole nitrogens is 2. The zero-order chi connectivity index (χ0) is 67.4. The van der Waals surface area contributed by atoms with Crippen molar-refractivity contribution >= 4 is 182 Å². The molecule has 9 N–H and O–H groups in total. The number of aryl methyl sites for hydroxylation is 2. The van der Waals surface area contributed by atoms with Gasteiger partial charge in [-0.2, -0.15) is 35.0 Å². The van der Waals surface area contributed by atoms with Crippen molar-refractivity contribution in [2.24, 2.45) is 21.5 Å². The number of allylic oxidation sites excluding steroid dienone is 4. The van der Waals surface area contributed by atoms with Crippen molar-refractivity contribution in [3.63, 3.8) is 0 Å². The number of nitrogens with one attached hydrogen (secondary N) is 3. The van der Waals surface area contributed by atoms with Crippen LogP contribution < -0.4 is 22.5 Å². The van der Waals surface area contributed by atoms with Gasteiger partial charge >= 0.3 is 0 Å². The molecule has 0 aliphatic heterocycles. The molecule has 0 aliphatic rings. The highest BCUT2D eigenvalue weighted by Crippen LogP contribution is 2.29. The van der Waals surface area contributed by atoms with Crippen LogP contribution in [0.5, 0.6) is 0 Å². The van der Waals surface area contributed by atoms with E-state index in [1.54, 1.807) is 74.5 Å². The first kappa shape index (κ1) is 74.1. The van der Waals surface area contributed by atoms with Crippen LogP contribution in [0.3, 0.4) is 0 Å². The summed E-state index contributed by atoms with van der Waals surface area (Å²) in [6, 6.07) is 17.1. The molecule has 482 valence electrons. The molecule has 0 fully saturated rings. The lowest BCUT2D eigenvalue weighted by atomic mass is 10.3. The molecule has 0 atom stereocenters. The fourth-order valence-electron chi connectivity index (χ4n) is 7.49. The van der Waals surface area contributed by atoms with Gasteiger partial charge in [-0.05, 0) is 185 Å². The highest BCUT2D eigenvalue weighted by atomic mass is 79.9. The largest absolute Gasteiger partial charge is 0.402 e. The van der Waals surface area contributed by atoms with Crippen LogP contribution in [0.1, 0.15) is 113 Å². The second-order valence-corrected chi connectivity index (χ2v) is 25.2. The minimum absolute atomic E-state index is 0.106. The molecule has 0 unspecified atom stereocenters. The number of nitrogens with two attached hydrogens (primary N) is 3. The number of aromatic amines is 2. The Labute approximate surface area is 570 Å². The molecule has 32 heteroatoms. The molecule has 0 spiro atoms. The molecular weight excluding hydrogens is 1370 g/mol. The number of fused-ring (bicyclic) bond motifs is 4. The molecule has 11 rings (SSSR count).